The van der Waals surface area contributed by atoms with Gasteiger partial charge in [0.05, 0.1) is 31.3 Å². The number of carbonyl (C=O) groups is 2. The van der Waals surface area contributed by atoms with Crippen molar-refractivity contribution in [2.24, 2.45) is 0 Å². The molecule has 0 N–H and O–H groups in total. The third-order valence-corrected chi connectivity index (χ3v) is 4.36. The van der Waals surface area contributed by atoms with E-state index in [1.807, 2.05) is 0 Å². The highest BCUT2D eigenvalue weighted by Crippen LogP contribution is 2.32. The normalized spacial score (nSPS) is 10.7. The van der Waals surface area contributed by atoms with Crippen LogP contribution in [0.5, 0.6) is 17.2 Å². The quantitative estimate of drug-likeness (QED) is 0.280. The molecule has 0 amide bonds. The third kappa shape index (κ3) is 5.51. The number of benzene rings is 2. The smallest absolute Gasteiger partial charge is 0.337 e. The van der Waals surface area contributed by atoms with Crippen LogP contribution in [0.1, 0.15) is 6.92 Å². The Hall–Kier alpha value is -3.69. The lowest BCUT2D eigenvalue weighted by Crippen LogP contribution is -2.17. The van der Waals surface area contributed by atoms with Crippen LogP contribution in [-0.4, -0.2) is 46.0 Å². The molecule has 0 radical (unpaired) electrons. The fraction of sp³-hybridized carbons (Fsp3) is 0.261. The van der Waals surface area contributed by atoms with Crippen molar-refractivity contribution in [1.82, 2.24) is 0 Å². The van der Waals surface area contributed by atoms with E-state index in [4.69, 9.17) is 28.1 Å². The van der Waals surface area contributed by atoms with Gasteiger partial charge in [0.1, 0.15) is 24.2 Å². The Labute approximate surface area is 183 Å². The second kappa shape index (κ2) is 10.6. The van der Waals surface area contributed by atoms with Crippen LogP contribution in [0.3, 0.4) is 0 Å². The van der Waals surface area contributed by atoms with Gasteiger partial charge in [-0.05, 0) is 23.8 Å². The average Bonchev–Trinajstić information content (AvgIpc) is 2.77. The summed E-state index contributed by atoms with van der Waals surface area (Å²) in [6, 6.07) is 9.32. The third-order valence-electron chi connectivity index (χ3n) is 4.36. The molecule has 0 atom stereocenters. The van der Waals surface area contributed by atoms with Gasteiger partial charge >= 0.3 is 11.9 Å². The molecule has 2 aromatic carbocycles. The van der Waals surface area contributed by atoms with Gasteiger partial charge in [-0.2, -0.15) is 0 Å². The van der Waals surface area contributed by atoms with Crippen molar-refractivity contribution in [1.29, 1.82) is 0 Å². The van der Waals surface area contributed by atoms with Crippen LogP contribution in [-0.2, 0) is 19.1 Å². The molecule has 0 saturated heterocycles. The predicted octanol–water partition coefficient (Wildman–Crippen LogP) is 2.96. The zero-order valence-corrected chi connectivity index (χ0v) is 17.8. The lowest BCUT2D eigenvalue weighted by molar-refractivity contribution is -0.140. The molecule has 32 heavy (non-hydrogen) atoms. The Kier molecular flexibility index (Phi) is 7.58. The number of hydrogen-bond acceptors (Lipinski definition) is 9. The van der Waals surface area contributed by atoms with E-state index in [-0.39, 0.29) is 41.1 Å². The number of carbonyl (C=O) groups excluding carboxylic acids is 2. The Balaban J connectivity index is 1.88. The molecule has 0 aliphatic heterocycles. The maximum atomic E-state index is 13.1. The van der Waals surface area contributed by atoms with E-state index in [1.54, 1.807) is 24.3 Å². The molecule has 0 saturated carbocycles. The molecular weight excluding hydrogens is 420 g/mol. The molecule has 3 aromatic rings. The molecular formula is C23H22O9. The molecule has 0 aliphatic rings. The molecule has 0 bridgehead atoms. The largest absolute Gasteiger partial charge is 0.493 e. The molecule has 0 unspecified atom stereocenters. The minimum absolute atomic E-state index is 0.0991. The first kappa shape index (κ1) is 23.0. The van der Waals surface area contributed by atoms with E-state index >= 15 is 0 Å². The molecule has 0 fully saturated rings. The van der Waals surface area contributed by atoms with Crippen molar-refractivity contribution in [3.05, 3.63) is 52.9 Å². The zero-order valence-electron chi connectivity index (χ0n) is 17.8. The van der Waals surface area contributed by atoms with Crippen LogP contribution in [0.4, 0.5) is 0 Å². The maximum Gasteiger partial charge on any atom is 0.337 e. The summed E-state index contributed by atoms with van der Waals surface area (Å²) in [5, 5.41) is 0.250. The van der Waals surface area contributed by atoms with Gasteiger partial charge in [0.2, 0.25) is 5.43 Å². The SMILES string of the molecule is COCCOCC(=O)Oc1cc2occ(-c3ccc(OC(C)=O)cc3)c(=O)c2cc1OC. The van der Waals surface area contributed by atoms with E-state index < -0.39 is 11.9 Å². The van der Waals surface area contributed by atoms with Crippen LogP contribution >= 0.6 is 0 Å². The summed E-state index contributed by atoms with van der Waals surface area (Å²) in [7, 11) is 2.92. The topological polar surface area (TPSA) is 111 Å². The number of esters is 2. The Morgan fingerprint density at radius 3 is 2.38 bits per heavy atom. The van der Waals surface area contributed by atoms with E-state index in [0.717, 1.165) is 0 Å². The van der Waals surface area contributed by atoms with Gasteiger partial charge in [-0.3, -0.25) is 9.59 Å². The number of hydrogen-bond donors (Lipinski definition) is 0. The lowest BCUT2D eigenvalue weighted by Gasteiger charge is -2.11. The minimum Gasteiger partial charge on any atom is -0.493 e. The second-order valence-corrected chi connectivity index (χ2v) is 6.62. The van der Waals surface area contributed by atoms with Crippen LogP contribution < -0.4 is 19.6 Å². The van der Waals surface area contributed by atoms with Crippen LogP contribution in [0.15, 0.2) is 51.9 Å². The summed E-state index contributed by atoms with van der Waals surface area (Å²) in [4.78, 5) is 36.1. The number of rotatable bonds is 9. The molecule has 9 nitrogen and oxygen atoms in total. The molecule has 0 spiro atoms. The molecule has 1 aromatic heterocycles. The van der Waals surface area contributed by atoms with Crippen LogP contribution in [0.2, 0.25) is 0 Å². The molecule has 3 rings (SSSR count). The van der Waals surface area contributed by atoms with Crippen molar-refractivity contribution in [3.63, 3.8) is 0 Å². The fourth-order valence-electron chi connectivity index (χ4n) is 2.89. The van der Waals surface area contributed by atoms with Crippen molar-refractivity contribution < 1.29 is 37.7 Å². The monoisotopic (exact) mass is 442 g/mol. The van der Waals surface area contributed by atoms with Gasteiger partial charge in [0.25, 0.3) is 0 Å². The van der Waals surface area contributed by atoms with Crippen LogP contribution in [0.25, 0.3) is 22.1 Å². The second-order valence-electron chi connectivity index (χ2n) is 6.62. The van der Waals surface area contributed by atoms with Gasteiger partial charge in [-0.15, -0.1) is 0 Å². The molecule has 0 aliphatic carbocycles. The molecule has 1 heterocycles. The number of methoxy groups -OCH3 is 2. The first-order valence-corrected chi connectivity index (χ1v) is 9.62. The summed E-state index contributed by atoms with van der Waals surface area (Å²) < 4.78 is 31.2. The lowest BCUT2D eigenvalue weighted by atomic mass is 10.1. The zero-order chi connectivity index (χ0) is 23.1. The van der Waals surface area contributed by atoms with Crippen molar-refractivity contribution in [2.75, 3.05) is 34.0 Å². The highest BCUT2D eigenvalue weighted by atomic mass is 16.6. The van der Waals surface area contributed by atoms with E-state index in [9.17, 15) is 14.4 Å². The Morgan fingerprint density at radius 2 is 1.72 bits per heavy atom. The van der Waals surface area contributed by atoms with E-state index in [0.29, 0.717) is 23.5 Å². The predicted molar refractivity (Wildman–Crippen MR) is 114 cm³/mol. The highest BCUT2D eigenvalue weighted by Gasteiger charge is 2.17. The van der Waals surface area contributed by atoms with Gasteiger partial charge < -0.3 is 28.1 Å². The van der Waals surface area contributed by atoms with E-state index in [1.165, 1.54) is 39.5 Å². The summed E-state index contributed by atoms with van der Waals surface area (Å²) >= 11 is 0. The fourth-order valence-corrected chi connectivity index (χ4v) is 2.89. The van der Waals surface area contributed by atoms with Gasteiger partial charge in [0, 0.05) is 20.1 Å². The van der Waals surface area contributed by atoms with Crippen molar-refractivity contribution >= 4 is 22.9 Å². The first-order chi connectivity index (χ1) is 15.4. The summed E-state index contributed by atoms with van der Waals surface area (Å²) in [5.41, 5.74) is 0.814. The molecule has 9 heteroatoms. The summed E-state index contributed by atoms with van der Waals surface area (Å²) in [5.74, 6) is -0.413. The van der Waals surface area contributed by atoms with Crippen molar-refractivity contribution in [3.8, 4) is 28.4 Å². The average molecular weight is 442 g/mol. The number of ether oxygens (including phenoxy) is 5. The standard InChI is InChI=1S/C23H22O9/c1-14(24)31-16-6-4-15(5-7-16)18-12-30-19-11-21(20(28-3)10-17(19)23(18)26)32-22(25)13-29-9-8-27-2/h4-7,10-12H,8-9,13H2,1-3H3. The molecule has 168 valence electrons. The van der Waals surface area contributed by atoms with Crippen LogP contribution in [0, 0.1) is 0 Å². The summed E-state index contributed by atoms with van der Waals surface area (Å²) in [6.45, 7) is 1.64. The first-order valence-electron chi connectivity index (χ1n) is 9.62. The van der Waals surface area contributed by atoms with Gasteiger partial charge in [-0.1, -0.05) is 12.1 Å². The van der Waals surface area contributed by atoms with Gasteiger partial charge in [-0.25, -0.2) is 4.79 Å². The van der Waals surface area contributed by atoms with Crippen molar-refractivity contribution in [2.45, 2.75) is 6.92 Å². The van der Waals surface area contributed by atoms with E-state index in [2.05, 4.69) is 0 Å². The Morgan fingerprint density at radius 1 is 0.969 bits per heavy atom. The highest BCUT2D eigenvalue weighted by molar-refractivity contribution is 5.86. The van der Waals surface area contributed by atoms with Gasteiger partial charge in [0.15, 0.2) is 11.5 Å². The summed E-state index contributed by atoms with van der Waals surface area (Å²) in [6.07, 6.45) is 1.32. The Bertz CT molecular complexity index is 1160. The minimum atomic E-state index is -0.634. The maximum absolute atomic E-state index is 13.1. The number of fused-ring (bicyclic) bond motifs is 1.